The number of halogens is 3. The highest BCUT2D eigenvalue weighted by atomic mass is 19.4. The monoisotopic (exact) mass is 243 g/mol. The first-order valence-electron chi connectivity index (χ1n) is 4.53. The summed E-state index contributed by atoms with van der Waals surface area (Å²) in [6, 6.07) is 4.36. The molecule has 90 valence electrons. The van der Waals surface area contributed by atoms with Crippen molar-refractivity contribution >= 4 is 11.9 Å². The van der Waals surface area contributed by atoms with Gasteiger partial charge in [0.05, 0.1) is 11.3 Å². The molecule has 0 unspecified atom stereocenters. The fraction of sp³-hybridized carbons (Fsp3) is 0.111. The van der Waals surface area contributed by atoms with Crippen LogP contribution in [0.3, 0.4) is 0 Å². The number of anilines is 2. The Labute approximate surface area is 93.9 Å². The van der Waals surface area contributed by atoms with E-state index in [-0.39, 0.29) is 11.9 Å². The zero-order valence-electron chi connectivity index (χ0n) is 8.44. The zero-order valence-corrected chi connectivity index (χ0v) is 8.44. The number of hydrogen-bond acceptors (Lipinski definition) is 4. The molecule has 0 saturated heterocycles. The van der Waals surface area contributed by atoms with Crippen molar-refractivity contribution in [3.8, 4) is 5.69 Å². The van der Waals surface area contributed by atoms with Crippen LogP contribution < -0.4 is 11.5 Å². The van der Waals surface area contributed by atoms with E-state index in [1.54, 1.807) is 0 Å². The Morgan fingerprint density at radius 1 is 1.06 bits per heavy atom. The Bertz CT molecular complexity index is 529. The van der Waals surface area contributed by atoms with Crippen molar-refractivity contribution in [2.75, 3.05) is 11.5 Å². The highest BCUT2D eigenvalue weighted by Gasteiger charge is 2.30. The summed E-state index contributed by atoms with van der Waals surface area (Å²) in [5.74, 6) is -0.0235. The second-order valence-electron chi connectivity index (χ2n) is 3.28. The molecule has 1 aromatic carbocycles. The fourth-order valence-corrected chi connectivity index (χ4v) is 1.32. The molecule has 0 aliphatic heterocycles. The van der Waals surface area contributed by atoms with Crippen molar-refractivity contribution in [1.82, 2.24) is 14.8 Å². The number of hydrogen-bond donors (Lipinski definition) is 2. The molecule has 2 rings (SSSR count). The molecule has 8 heteroatoms. The van der Waals surface area contributed by atoms with Crippen molar-refractivity contribution in [1.29, 1.82) is 0 Å². The topological polar surface area (TPSA) is 82.7 Å². The van der Waals surface area contributed by atoms with Crippen LogP contribution in [0.4, 0.5) is 25.1 Å². The number of nitrogens with zero attached hydrogens (tertiary/aromatic N) is 3. The maximum absolute atomic E-state index is 12.3. The lowest BCUT2D eigenvalue weighted by Crippen LogP contribution is -2.06. The van der Waals surface area contributed by atoms with Gasteiger partial charge in [-0.25, -0.2) is 0 Å². The van der Waals surface area contributed by atoms with Gasteiger partial charge in [0.25, 0.3) is 0 Å². The number of rotatable bonds is 1. The molecule has 0 amide bonds. The van der Waals surface area contributed by atoms with Crippen molar-refractivity contribution in [3.05, 3.63) is 29.8 Å². The molecule has 0 spiro atoms. The van der Waals surface area contributed by atoms with Gasteiger partial charge in [-0.15, -0.1) is 5.10 Å². The highest BCUT2D eigenvalue weighted by Crippen LogP contribution is 2.29. The van der Waals surface area contributed by atoms with Gasteiger partial charge in [-0.3, -0.25) is 0 Å². The van der Waals surface area contributed by atoms with Crippen molar-refractivity contribution in [3.63, 3.8) is 0 Å². The summed E-state index contributed by atoms with van der Waals surface area (Å²) in [7, 11) is 0. The lowest BCUT2D eigenvalue weighted by atomic mass is 10.2. The number of nitrogens with two attached hydrogens (primary N) is 2. The molecule has 0 saturated carbocycles. The molecule has 17 heavy (non-hydrogen) atoms. The Morgan fingerprint density at radius 3 is 2.06 bits per heavy atom. The largest absolute Gasteiger partial charge is 0.416 e. The van der Waals surface area contributed by atoms with Crippen LogP contribution >= 0.6 is 0 Å². The predicted octanol–water partition coefficient (Wildman–Crippen LogP) is 1.45. The third-order valence-corrected chi connectivity index (χ3v) is 2.09. The zero-order chi connectivity index (χ0) is 12.6. The third kappa shape index (κ3) is 2.14. The first-order valence-corrected chi connectivity index (χ1v) is 4.53. The Morgan fingerprint density at radius 2 is 1.65 bits per heavy atom. The number of nitrogen functional groups attached to an aromatic ring is 2. The van der Waals surface area contributed by atoms with Gasteiger partial charge >= 0.3 is 6.18 Å². The van der Waals surface area contributed by atoms with E-state index in [1.165, 1.54) is 12.1 Å². The standard InChI is InChI=1S/C9H8F3N5/c10-9(11,12)5-1-3-6(4-2-5)17-8(14)15-7(13)16-17/h1-4H,(H4,13,14,15,16). The van der Waals surface area contributed by atoms with Crippen LogP contribution in [0.25, 0.3) is 5.69 Å². The molecular weight excluding hydrogens is 235 g/mol. The number of aromatic nitrogens is 3. The Hall–Kier alpha value is -2.25. The van der Waals surface area contributed by atoms with Crippen molar-refractivity contribution < 1.29 is 13.2 Å². The lowest BCUT2D eigenvalue weighted by molar-refractivity contribution is -0.137. The Balaban J connectivity index is 2.39. The summed E-state index contributed by atoms with van der Waals surface area (Å²) in [5, 5.41) is 3.75. The smallest absolute Gasteiger partial charge is 0.368 e. The maximum atomic E-state index is 12.3. The minimum atomic E-state index is -4.37. The summed E-state index contributed by atoms with van der Waals surface area (Å²) in [5.41, 5.74) is 10.4. The molecule has 0 fully saturated rings. The Kier molecular flexibility index (Phi) is 2.41. The van der Waals surface area contributed by atoms with Gasteiger partial charge in [-0.05, 0) is 24.3 Å². The van der Waals surface area contributed by atoms with Gasteiger partial charge < -0.3 is 11.5 Å². The van der Waals surface area contributed by atoms with Gasteiger partial charge in [0.2, 0.25) is 11.9 Å². The van der Waals surface area contributed by atoms with E-state index in [4.69, 9.17) is 11.5 Å². The second kappa shape index (κ2) is 3.65. The second-order valence-corrected chi connectivity index (χ2v) is 3.28. The molecule has 1 heterocycles. The quantitative estimate of drug-likeness (QED) is 0.794. The fourth-order valence-electron chi connectivity index (χ4n) is 1.32. The van der Waals surface area contributed by atoms with Gasteiger partial charge in [0, 0.05) is 0 Å². The molecule has 0 radical (unpaired) electrons. The molecule has 0 bridgehead atoms. The van der Waals surface area contributed by atoms with Crippen LogP contribution in [-0.2, 0) is 6.18 Å². The van der Waals surface area contributed by atoms with Gasteiger partial charge in [-0.2, -0.15) is 22.8 Å². The average Bonchev–Trinajstić information content (AvgIpc) is 2.57. The van der Waals surface area contributed by atoms with Crippen LogP contribution in [0.1, 0.15) is 5.56 Å². The van der Waals surface area contributed by atoms with E-state index in [2.05, 4.69) is 10.1 Å². The minimum absolute atomic E-state index is 0.0160. The summed E-state index contributed by atoms with van der Waals surface area (Å²) in [4.78, 5) is 3.64. The van der Waals surface area contributed by atoms with E-state index in [0.29, 0.717) is 5.69 Å². The van der Waals surface area contributed by atoms with E-state index >= 15 is 0 Å². The molecule has 1 aromatic heterocycles. The molecule has 2 aromatic rings. The molecule has 0 aliphatic carbocycles. The van der Waals surface area contributed by atoms with Gasteiger partial charge in [0.1, 0.15) is 0 Å². The van der Waals surface area contributed by atoms with Crippen molar-refractivity contribution in [2.45, 2.75) is 6.18 Å². The first-order chi connectivity index (χ1) is 7.88. The SMILES string of the molecule is Nc1nc(N)n(-c2ccc(C(F)(F)F)cc2)n1. The summed E-state index contributed by atoms with van der Waals surface area (Å²) >= 11 is 0. The van der Waals surface area contributed by atoms with Crippen molar-refractivity contribution in [2.24, 2.45) is 0 Å². The maximum Gasteiger partial charge on any atom is 0.416 e. The minimum Gasteiger partial charge on any atom is -0.368 e. The average molecular weight is 243 g/mol. The summed E-state index contributed by atoms with van der Waals surface area (Å²) < 4.78 is 38.1. The summed E-state index contributed by atoms with van der Waals surface area (Å²) in [6.07, 6.45) is -4.37. The lowest BCUT2D eigenvalue weighted by Gasteiger charge is -2.07. The molecule has 4 N–H and O–H groups in total. The van der Waals surface area contributed by atoms with E-state index in [9.17, 15) is 13.2 Å². The number of benzene rings is 1. The third-order valence-electron chi connectivity index (χ3n) is 2.09. The molecule has 0 aliphatic rings. The van der Waals surface area contributed by atoms with Gasteiger partial charge in [0.15, 0.2) is 0 Å². The normalized spacial score (nSPS) is 11.7. The summed E-state index contributed by atoms with van der Waals surface area (Å²) in [6.45, 7) is 0. The van der Waals surface area contributed by atoms with E-state index < -0.39 is 11.7 Å². The molecule has 0 atom stereocenters. The van der Waals surface area contributed by atoms with Crippen LogP contribution in [0.5, 0.6) is 0 Å². The number of alkyl halides is 3. The van der Waals surface area contributed by atoms with E-state index in [1.807, 2.05) is 0 Å². The van der Waals surface area contributed by atoms with E-state index in [0.717, 1.165) is 16.8 Å². The highest BCUT2D eigenvalue weighted by molar-refractivity contribution is 5.41. The van der Waals surface area contributed by atoms with Crippen LogP contribution in [0, 0.1) is 0 Å². The van der Waals surface area contributed by atoms with Crippen LogP contribution in [0.15, 0.2) is 24.3 Å². The predicted molar refractivity (Wildman–Crippen MR) is 55.2 cm³/mol. The molecular formula is C9H8F3N5. The van der Waals surface area contributed by atoms with Crippen LogP contribution in [-0.4, -0.2) is 14.8 Å². The van der Waals surface area contributed by atoms with Gasteiger partial charge in [-0.1, -0.05) is 0 Å². The first kappa shape index (κ1) is 11.2. The molecule has 5 nitrogen and oxygen atoms in total. The van der Waals surface area contributed by atoms with Crippen LogP contribution in [0.2, 0.25) is 0 Å².